The molecule has 2 N–H and O–H groups in total. The van der Waals surface area contributed by atoms with Gasteiger partial charge in [-0.25, -0.2) is 4.79 Å². The fourth-order valence-electron chi connectivity index (χ4n) is 4.33. The topological polar surface area (TPSA) is 64.7 Å². The van der Waals surface area contributed by atoms with Crippen LogP contribution in [0.15, 0.2) is 30.3 Å². The van der Waals surface area contributed by atoms with Crippen molar-refractivity contribution in [2.24, 2.45) is 11.8 Å². The molecule has 30 heavy (non-hydrogen) atoms. The summed E-state index contributed by atoms with van der Waals surface area (Å²) in [5.41, 5.74) is 1.19. The van der Waals surface area contributed by atoms with E-state index in [1.165, 1.54) is 18.4 Å². The first-order valence-electron chi connectivity index (χ1n) is 11.7. The van der Waals surface area contributed by atoms with Crippen LogP contribution in [0.1, 0.15) is 57.6 Å². The third-order valence-corrected chi connectivity index (χ3v) is 6.53. The van der Waals surface area contributed by atoms with Crippen LogP contribution in [0, 0.1) is 11.8 Å². The quantitative estimate of drug-likeness (QED) is 0.577. The number of hydrogen-bond acceptors (Lipinski definition) is 3. The van der Waals surface area contributed by atoms with E-state index in [9.17, 15) is 9.59 Å². The molecular formula is C24H38N4O2. The largest absolute Gasteiger partial charge is 0.356 e. The number of rotatable bonds is 10. The maximum absolute atomic E-state index is 12.8. The van der Waals surface area contributed by atoms with Gasteiger partial charge in [-0.3, -0.25) is 4.79 Å². The van der Waals surface area contributed by atoms with Crippen molar-refractivity contribution >= 4 is 11.9 Å². The summed E-state index contributed by atoms with van der Waals surface area (Å²) in [6.07, 6.45) is 4.83. The highest BCUT2D eigenvalue weighted by atomic mass is 16.2. The number of amides is 3. The maximum atomic E-state index is 12.8. The number of hydrogen-bond donors (Lipinski definition) is 2. The van der Waals surface area contributed by atoms with Crippen LogP contribution < -0.4 is 10.6 Å². The molecule has 0 spiro atoms. The zero-order chi connectivity index (χ0) is 21.3. The molecule has 1 atom stereocenters. The van der Waals surface area contributed by atoms with Crippen molar-refractivity contribution in [3.63, 3.8) is 0 Å². The van der Waals surface area contributed by atoms with Crippen LogP contribution in [0.3, 0.4) is 0 Å². The molecule has 1 saturated carbocycles. The van der Waals surface area contributed by atoms with Crippen LogP contribution in [-0.2, 0) is 4.79 Å². The molecule has 3 rings (SSSR count). The van der Waals surface area contributed by atoms with Gasteiger partial charge in [0.1, 0.15) is 0 Å². The number of carbonyl (C=O) groups is 2. The third kappa shape index (κ3) is 6.46. The average Bonchev–Trinajstić information content (AvgIpc) is 3.63. The predicted octanol–water partition coefficient (Wildman–Crippen LogP) is 3.41. The molecule has 6 nitrogen and oxygen atoms in total. The van der Waals surface area contributed by atoms with Crippen molar-refractivity contribution < 1.29 is 9.59 Å². The van der Waals surface area contributed by atoms with Crippen LogP contribution in [0.5, 0.6) is 0 Å². The summed E-state index contributed by atoms with van der Waals surface area (Å²) in [4.78, 5) is 29.6. The van der Waals surface area contributed by atoms with Gasteiger partial charge in [-0.2, -0.15) is 0 Å². The Hall–Kier alpha value is -2.08. The number of likely N-dealkylation sites (tertiary alicyclic amines) is 1. The summed E-state index contributed by atoms with van der Waals surface area (Å²) >= 11 is 0. The van der Waals surface area contributed by atoms with E-state index < -0.39 is 0 Å². The minimum Gasteiger partial charge on any atom is -0.356 e. The Morgan fingerprint density at radius 2 is 1.73 bits per heavy atom. The van der Waals surface area contributed by atoms with E-state index in [1.54, 1.807) is 0 Å². The van der Waals surface area contributed by atoms with Crippen molar-refractivity contribution in [3.8, 4) is 0 Å². The summed E-state index contributed by atoms with van der Waals surface area (Å²) in [7, 11) is 0. The molecule has 0 bridgehead atoms. The van der Waals surface area contributed by atoms with Gasteiger partial charge in [0, 0.05) is 25.6 Å². The lowest BCUT2D eigenvalue weighted by molar-refractivity contribution is -0.126. The van der Waals surface area contributed by atoms with Crippen molar-refractivity contribution in [1.29, 1.82) is 0 Å². The minimum atomic E-state index is 0.00818. The molecular weight excluding hydrogens is 376 g/mol. The standard InChI is InChI=1S/C24H38N4O2/c1-3-27(4-2)16-8-15-25-23(29)21-13-17-28(18-14-21)24(30)26-22(20-11-12-20)19-9-6-5-7-10-19/h5-7,9-10,20-22H,3-4,8,11-18H2,1-2H3,(H,25,29)(H,26,30). The van der Waals surface area contributed by atoms with Crippen LogP contribution in [-0.4, -0.2) is 61.0 Å². The van der Waals surface area contributed by atoms with Crippen molar-refractivity contribution in [2.45, 2.75) is 52.0 Å². The molecule has 0 aromatic heterocycles. The molecule has 1 heterocycles. The second-order valence-electron chi connectivity index (χ2n) is 8.61. The molecule has 2 aliphatic rings. The summed E-state index contributed by atoms with van der Waals surface area (Å²) in [6.45, 7) is 9.49. The zero-order valence-electron chi connectivity index (χ0n) is 18.6. The highest BCUT2D eigenvalue weighted by Crippen LogP contribution is 2.41. The van der Waals surface area contributed by atoms with E-state index in [4.69, 9.17) is 0 Å². The fraction of sp³-hybridized carbons (Fsp3) is 0.667. The summed E-state index contributed by atoms with van der Waals surface area (Å²) in [6, 6.07) is 10.4. The van der Waals surface area contributed by atoms with Gasteiger partial charge < -0.3 is 20.4 Å². The molecule has 1 aliphatic heterocycles. The van der Waals surface area contributed by atoms with Gasteiger partial charge in [0.2, 0.25) is 5.91 Å². The number of nitrogens with one attached hydrogen (secondary N) is 2. The lowest BCUT2D eigenvalue weighted by Crippen LogP contribution is -2.48. The van der Waals surface area contributed by atoms with Gasteiger partial charge in [-0.1, -0.05) is 44.2 Å². The van der Waals surface area contributed by atoms with Crippen molar-refractivity contribution in [3.05, 3.63) is 35.9 Å². The van der Waals surface area contributed by atoms with E-state index in [0.29, 0.717) is 19.0 Å². The van der Waals surface area contributed by atoms with Gasteiger partial charge in [0.05, 0.1) is 6.04 Å². The van der Waals surface area contributed by atoms with Crippen LogP contribution in [0.25, 0.3) is 0 Å². The van der Waals surface area contributed by atoms with Gasteiger partial charge in [-0.15, -0.1) is 0 Å². The Morgan fingerprint density at radius 3 is 2.33 bits per heavy atom. The number of piperidine rings is 1. The zero-order valence-corrected chi connectivity index (χ0v) is 18.6. The first-order valence-corrected chi connectivity index (χ1v) is 11.7. The molecule has 1 aliphatic carbocycles. The molecule has 1 aromatic rings. The normalized spacial score (nSPS) is 18.3. The average molecular weight is 415 g/mol. The highest BCUT2D eigenvalue weighted by molar-refractivity contribution is 5.79. The Labute approximate surface area is 181 Å². The number of nitrogens with zero attached hydrogens (tertiary/aromatic N) is 2. The molecule has 2 fully saturated rings. The SMILES string of the molecule is CCN(CC)CCCNC(=O)C1CCN(C(=O)NC(c2ccccc2)C2CC2)CC1. The van der Waals surface area contributed by atoms with Crippen molar-refractivity contribution in [2.75, 3.05) is 39.3 Å². The highest BCUT2D eigenvalue weighted by Gasteiger charge is 2.35. The smallest absolute Gasteiger partial charge is 0.317 e. The predicted molar refractivity (Wildman–Crippen MR) is 120 cm³/mol. The lowest BCUT2D eigenvalue weighted by Gasteiger charge is -2.33. The van der Waals surface area contributed by atoms with Gasteiger partial charge >= 0.3 is 6.03 Å². The van der Waals surface area contributed by atoms with E-state index in [0.717, 1.165) is 45.4 Å². The van der Waals surface area contributed by atoms with Crippen LogP contribution in [0.2, 0.25) is 0 Å². The lowest BCUT2D eigenvalue weighted by atomic mass is 9.96. The maximum Gasteiger partial charge on any atom is 0.317 e. The van der Waals surface area contributed by atoms with Crippen LogP contribution in [0.4, 0.5) is 4.79 Å². The number of urea groups is 1. The molecule has 0 radical (unpaired) electrons. The first kappa shape index (κ1) is 22.6. The summed E-state index contributed by atoms with van der Waals surface area (Å²) in [5, 5.41) is 6.35. The Balaban J connectivity index is 1.39. The first-order chi connectivity index (χ1) is 14.6. The van der Waals surface area contributed by atoms with E-state index in [1.807, 2.05) is 23.1 Å². The van der Waals surface area contributed by atoms with Gasteiger partial charge in [-0.05, 0) is 63.2 Å². The van der Waals surface area contributed by atoms with Gasteiger partial charge in [0.25, 0.3) is 0 Å². The second-order valence-corrected chi connectivity index (χ2v) is 8.61. The fourth-order valence-corrected chi connectivity index (χ4v) is 4.33. The van der Waals surface area contributed by atoms with E-state index >= 15 is 0 Å². The third-order valence-electron chi connectivity index (χ3n) is 6.53. The van der Waals surface area contributed by atoms with Gasteiger partial charge in [0.15, 0.2) is 0 Å². The number of benzene rings is 1. The Kier molecular flexibility index (Phi) is 8.55. The molecule has 1 aromatic carbocycles. The van der Waals surface area contributed by atoms with E-state index in [2.05, 4.69) is 41.5 Å². The molecule has 1 saturated heterocycles. The molecule has 6 heteroatoms. The van der Waals surface area contributed by atoms with Crippen LogP contribution >= 0.6 is 0 Å². The summed E-state index contributed by atoms with van der Waals surface area (Å²) in [5.74, 6) is 0.724. The summed E-state index contributed by atoms with van der Waals surface area (Å²) < 4.78 is 0. The molecule has 166 valence electrons. The Morgan fingerprint density at radius 1 is 1.07 bits per heavy atom. The van der Waals surface area contributed by atoms with Crippen molar-refractivity contribution in [1.82, 2.24) is 20.4 Å². The van der Waals surface area contributed by atoms with E-state index in [-0.39, 0.29) is 23.9 Å². The Bertz CT molecular complexity index is 665. The molecule has 1 unspecified atom stereocenters. The second kappa shape index (κ2) is 11.3. The monoisotopic (exact) mass is 414 g/mol. The minimum absolute atomic E-state index is 0.00818. The number of carbonyl (C=O) groups excluding carboxylic acids is 2. The molecule has 3 amide bonds.